The van der Waals surface area contributed by atoms with Gasteiger partial charge in [0.2, 0.25) is 5.56 Å². The molecule has 2 aliphatic rings. The van der Waals surface area contributed by atoms with Gasteiger partial charge in [0.15, 0.2) is 0 Å². The predicted octanol–water partition coefficient (Wildman–Crippen LogP) is 1.20. The molecule has 1 spiro atoms. The van der Waals surface area contributed by atoms with Crippen LogP contribution in [-0.4, -0.2) is 16.6 Å². The summed E-state index contributed by atoms with van der Waals surface area (Å²) in [5.41, 5.74) is 0.764. The molecule has 2 heterocycles. The zero-order chi connectivity index (χ0) is 10.5. The van der Waals surface area contributed by atoms with Crippen LogP contribution in [0.5, 0.6) is 5.75 Å². The lowest BCUT2D eigenvalue weighted by molar-refractivity contribution is 0.145. The van der Waals surface area contributed by atoms with Gasteiger partial charge in [-0.25, -0.2) is 0 Å². The molecule has 1 aliphatic carbocycles. The lowest BCUT2D eigenvalue weighted by Crippen LogP contribution is -2.40. The molecule has 88 valence electrons. The Morgan fingerprint density at radius 3 is 2.88 bits per heavy atom. The molecule has 1 atom stereocenters. The fraction of sp³-hybridized carbons (Fsp3) is 0.545. The van der Waals surface area contributed by atoms with Crippen molar-refractivity contribution >= 4 is 12.4 Å². The van der Waals surface area contributed by atoms with Gasteiger partial charge >= 0.3 is 0 Å². The molecule has 3 rings (SSSR count). The maximum Gasteiger partial charge on any atom is 0.248 e. The van der Waals surface area contributed by atoms with Crippen LogP contribution < -0.4 is 15.6 Å². The molecule has 0 amide bonds. The molecule has 0 aromatic carbocycles. The highest BCUT2D eigenvalue weighted by Crippen LogP contribution is 2.44. The number of nitrogens with one attached hydrogen (secondary N) is 2. The van der Waals surface area contributed by atoms with Gasteiger partial charge in [-0.1, -0.05) is 0 Å². The molecule has 0 unspecified atom stereocenters. The van der Waals surface area contributed by atoms with Crippen molar-refractivity contribution in [2.24, 2.45) is 0 Å². The molecule has 5 heteroatoms. The first-order chi connectivity index (χ1) is 7.20. The maximum absolute atomic E-state index is 11.2. The van der Waals surface area contributed by atoms with Crippen LogP contribution in [-0.2, 0) is 6.54 Å². The molecule has 4 nitrogen and oxygen atoms in total. The number of aromatic amines is 1. The number of halogens is 1. The molecular formula is C11H15ClN2O2. The summed E-state index contributed by atoms with van der Waals surface area (Å²) in [6.07, 6.45) is 2.19. The van der Waals surface area contributed by atoms with Gasteiger partial charge in [-0.05, 0) is 25.8 Å². The summed E-state index contributed by atoms with van der Waals surface area (Å²) >= 11 is 0. The van der Waals surface area contributed by atoms with Crippen molar-refractivity contribution < 1.29 is 4.74 Å². The van der Waals surface area contributed by atoms with Gasteiger partial charge in [-0.15, -0.1) is 12.4 Å². The summed E-state index contributed by atoms with van der Waals surface area (Å²) in [7, 11) is 0. The molecule has 1 fully saturated rings. The molecular weight excluding hydrogens is 228 g/mol. The van der Waals surface area contributed by atoms with Crippen LogP contribution in [0.25, 0.3) is 0 Å². The van der Waals surface area contributed by atoms with E-state index in [1.165, 1.54) is 6.07 Å². The van der Waals surface area contributed by atoms with Crippen molar-refractivity contribution in [3.63, 3.8) is 0 Å². The first-order valence-electron chi connectivity index (χ1n) is 5.34. The van der Waals surface area contributed by atoms with E-state index in [2.05, 4.69) is 17.2 Å². The molecule has 0 bridgehead atoms. The van der Waals surface area contributed by atoms with Crippen LogP contribution in [0.4, 0.5) is 0 Å². The van der Waals surface area contributed by atoms with Gasteiger partial charge in [-0.3, -0.25) is 4.79 Å². The molecule has 0 saturated heterocycles. The number of aromatic nitrogens is 1. The van der Waals surface area contributed by atoms with E-state index in [9.17, 15) is 4.79 Å². The fourth-order valence-electron chi connectivity index (χ4n) is 2.14. The van der Waals surface area contributed by atoms with E-state index in [-0.39, 0.29) is 23.6 Å². The number of pyridine rings is 1. The van der Waals surface area contributed by atoms with Crippen molar-refractivity contribution in [3.8, 4) is 5.75 Å². The number of rotatable bonds is 0. The Morgan fingerprint density at radius 2 is 2.19 bits per heavy atom. The lowest BCUT2D eigenvalue weighted by Gasteiger charge is -2.21. The van der Waals surface area contributed by atoms with E-state index in [0.717, 1.165) is 24.3 Å². The third kappa shape index (κ3) is 1.72. The van der Waals surface area contributed by atoms with Gasteiger partial charge in [0.05, 0.1) is 5.69 Å². The Hall–Kier alpha value is -1.000. The van der Waals surface area contributed by atoms with Crippen LogP contribution in [0, 0.1) is 0 Å². The quantitative estimate of drug-likeness (QED) is 0.719. The summed E-state index contributed by atoms with van der Waals surface area (Å²) in [4.78, 5) is 14.0. The Labute approximate surface area is 99.8 Å². The van der Waals surface area contributed by atoms with Gasteiger partial charge < -0.3 is 15.0 Å². The standard InChI is InChI=1S/C11H14N2O2.ClH/c1-7-11(4-5-11)15-9-2-3-10(14)13-8(9)6-12-7;/h2-3,7,12H,4-6H2,1H3,(H,13,14);1H/t7-;/m0./s1. The predicted molar refractivity (Wildman–Crippen MR) is 63.2 cm³/mol. The molecule has 1 aromatic rings. The van der Waals surface area contributed by atoms with Crippen molar-refractivity contribution in [1.82, 2.24) is 10.3 Å². The monoisotopic (exact) mass is 242 g/mol. The normalized spacial score (nSPS) is 24.9. The van der Waals surface area contributed by atoms with Crippen molar-refractivity contribution in [2.45, 2.75) is 38.0 Å². The lowest BCUT2D eigenvalue weighted by atomic mass is 10.1. The minimum absolute atomic E-state index is 0. The second-order valence-corrected chi connectivity index (χ2v) is 4.43. The summed E-state index contributed by atoms with van der Waals surface area (Å²) in [5.74, 6) is 0.823. The van der Waals surface area contributed by atoms with Crippen LogP contribution in [0.1, 0.15) is 25.5 Å². The van der Waals surface area contributed by atoms with Crippen molar-refractivity contribution in [1.29, 1.82) is 0 Å². The minimum atomic E-state index is -0.0708. The van der Waals surface area contributed by atoms with Gasteiger partial charge in [0, 0.05) is 18.7 Å². The van der Waals surface area contributed by atoms with Crippen LogP contribution >= 0.6 is 12.4 Å². The van der Waals surface area contributed by atoms with E-state index in [0.29, 0.717) is 12.6 Å². The van der Waals surface area contributed by atoms with Crippen LogP contribution in [0.3, 0.4) is 0 Å². The second-order valence-electron chi connectivity index (χ2n) is 4.43. The molecule has 1 aromatic heterocycles. The summed E-state index contributed by atoms with van der Waals surface area (Å²) in [6, 6.07) is 3.63. The molecule has 1 aliphatic heterocycles. The van der Waals surface area contributed by atoms with Crippen molar-refractivity contribution in [2.75, 3.05) is 0 Å². The van der Waals surface area contributed by atoms with Gasteiger partial charge in [-0.2, -0.15) is 0 Å². The molecule has 0 radical (unpaired) electrons. The first-order valence-corrected chi connectivity index (χ1v) is 5.34. The maximum atomic E-state index is 11.2. The number of ether oxygens (including phenoxy) is 1. The largest absolute Gasteiger partial charge is 0.484 e. The summed E-state index contributed by atoms with van der Waals surface area (Å²) < 4.78 is 5.99. The Bertz CT molecular complexity index is 454. The van der Waals surface area contributed by atoms with Crippen LogP contribution in [0.15, 0.2) is 16.9 Å². The van der Waals surface area contributed by atoms with E-state index in [1.807, 2.05) is 0 Å². The van der Waals surface area contributed by atoms with E-state index >= 15 is 0 Å². The number of hydrogen-bond acceptors (Lipinski definition) is 3. The van der Waals surface area contributed by atoms with Gasteiger partial charge in [0.25, 0.3) is 0 Å². The third-order valence-corrected chi connectivity index (χ3v) is 3.39. The average molecular weight is 243 g/mol. The molecule has 16 heavy (non-hydrogen) atoms. The SMILES string of the molecule is C[C@@H]1NCc2[nH]c(=O)ccc2OC12CC2.Cl. The molecule has 2 N–H and O–H groups in total. The van der Waals surface area contributed by atoms with E-state index in [1.54, 1.807) is 6.07 Å². The smallest absolute Gasteiger partial charge is 0.248 e. The van der Waals surface area contributed by atoms with E-state index < -0.39 is 0 Å². The van der Waals surface area contributed by atoms with Gasteiger partial charge in [0.1, 0.15) is 11.4 Å². The first kappa shape index (κ1) is 11.5. The van der Waals surface area contributed by atoms with Crippen molar-refractivity contribution in [3.05, 3.63) is 28.2 Å². The average Bonchev–Trinajstić information content (AvgIpc) is 2.99. The number of hydrogen-bond donors (Lipinski definition) is 2. The highest BCUT2D eigenvalue weighted by atomic mass is 35.5. The zero-order valence-electron chi connectivity index (χ0n) is 9.08. The third-order valence-electron chi connectivity index (χ3n) is 3.39. The fourth-order valence-corrected chi connectivity index (χ4v) is 2.14. The van der Waals surface area contributed by atoms with E-state index in [4.69, 9.17) is 4.74 Å². The summed E-state index contributed by atoms with van der Waals surface area (Å²) in [6.45, 7) is 2.81. The highest BCUT2D eigenvalue weighted by molar-refractivity contribution is 5.85. The second kappa shape index (κ2) is 3.79. The Morgan fingerprint density at radius 1 is 1.44 bits per heavy atom. The molecule has 1 saturated carbocycles. The Kier molecular flexibility index (Phi) is 2.72. The minimum Gasteiger partial charge on any atom is -0.484 e. The topological polar surface area (TPSA) is 54.1 Å². The zero-order valence-corrected chi connectivity index (χ0v) is 9.89. The Balaban J connectivity index is 0.000000963. The highest BCUT2D eigenvalue weighted by Gasteiger charge is 2.51. The summed E-state index contributed by atoms with van der Waals surface area (Å²) in [5, 5.41) is 3.39. The number of H-pyrrole nitrogens is 1. The number of fused-ring (bicyclic) bond motifs is 1. The van der Waals surface area contributed by atoms with Crippen LogP contribution in [0.2, 0.25) is 0 Å².